The van der Waals surface area contributed by atoms with Crippen molar-refractivity contribution in [1.82, 2.24) is 10.2 Å². The molecule has 1 aliphatic rings. The Labute approximate surface area is 178 Å². The second kappa shape index (κ2) is 10.4. The number of nitrogens with zero attached hydrogens (tertiary/aromatic N) is 1. The highest BCUT2D eigenvalue weighted by atomic mass is 19.1. The first kappa shape index (κ1) is 22.0. The Balaban J connectivity index is 1.81. The van der Waals surface area contributed by atoms with Crippen LogP contribution in [0.2, 0.25) is 0 Å². The number of benzene rings is 2. The van der Waals surface area contributed by atoms with Crippen LogP contribution in [0, 0.1) is 12.7 Å². The van der Waals surface area contributed by atoms with Crippen LogP contribution in [0.3, 0.4) is 0 Å². The monoisotopic (exact) mass is 410 g/mol. The summed E-state index contributed by atoms with van der Waals surface area (Å²) in [6.45, 7) is 4.20. The van der Waals surface area contributed by atoms with E-state index in [0.29, 0.717) is 6.42 Å². The van der Waals surface area contributed by atoms with Crippen LogP contribution in [0.25, 0.3) is 0 Å². The molecule has 3 rings (SSSR count). The maximum atomic E-state index is 13.3. The number of carbonyl (C=O) groups is 2. The predicted octanol–water partition coefficient (Wildman–Crippen LogP) is 4.54. The molecular formula is C25H31FN2O2. The van der Waals surface area contributed by atoms with Gasteiger partial charge < -0.3 is 10.2 Å². The van der Waals surface area contributed by atoms with Gasteiger partial charge in [-0.3, -0.25) is 9.59 Å². The molecule has 0 spiro atoms. The molecule has 1 saturated carbocycles. The third-order valence-corrected chi connectivity index (χ3v) is 5.79. The molecule has 1 fully saturated rings. The van der Waals surface area contributed by atoms with Crippen molar-refractivity contribution in [3.05, 3.63) is 71.0 Å². The lowest BCUT2D eigenvalue weighted by molar-refractivity contribution is -0.141. The minimum Gasteiger partial charge on any atom is -0.352 e. The maximum Gasteiger partial charge on any atom is 0.243 e. The highest BCUT2D eigenvalue weighted by Gasteiger charge is 2.30. The summed E-state index contributed by atoms with van der Waals surface area (Å²) >= 11 is 0. The molecule has 1 N–H and O–H groups in total. The van der Waals surface area contributed by atoms with Crippen LogP contribution in [0.5, 0.6) is 0 Å². The van der Waals surface area contributed by atoms with E-state index in [4.69, 9.17) is 0 Å². The summed E-state index contributed by atoms with van der Waals surface area (Å²) < 4.78 is 13.3. The van der Waals surface area contributed by atoms with E-state index in [-0.39, 0.29) is 36.6 Å². The first-order chi connectivity index (χ1) is 14.5. The van der Waals surface area contributed by atoms with Crippen LogP contribution < -0.4 is 5.32 Å². The topological polar surface area (TPSA) is 49.4 Å². The first-order valence-electron chi connectivity index (χ1n) is 10.9. The van der Waals surface area contributed by atoms with Crippen molar-refractivity contribution < 1.29 is 14.0 Å². The van der Waals surface area contributed by atoms with E-state index in [1.54, 1.807) is 17.0 Å². The summed E-state index contributed by atoms with van der Waals surface area (Å²) in [6, 6.07) is 13.6. The van der Waals surface area contributed by atoms with E-state index in [1.165, 1.54) is 12.1 Å². The Morgan fingerprint density at radius 2 is 1.80 bits per heavy atom. The average Bonchev–Trinajstić information content (AvgIpc) is 3.22. The molecule has 2 aromatic rings. The van der Waals surface area contributed by atoms with E-state index in [2.05, 4.69) is 5.32 Å². The van der Waals surface area contributed by atoms with Crippen LogP contribution in [0.1, 0.15) is 55.7 Å². The van der Waals surface area contributed by atoms with E-state index in [9.17, 15) is 14.0 Å². The number of nitrogens with one attached hydrogen (secondary N) is 1. The van der Waals surface area contributed by atoms with Crippen LogP contribution >= 0.6 is 0 Å². The van der Waals surface area contributed by atoms with Crippen LogP contribution in [-0.4, -0.2) is 28.8 Å². The van der Waals surface area contributed by atoms with E-state index in [1.807, 2.05) is 38.1 Å². The Bertz CT molecular complexity index is 860. The summed E-state index contributed by atoms with van der Waals surface area (Å²) in [5.74, 6) is -0.509. The molecule has 4 nitrogen and oxygen atoms in total. The summed E-state index contributed by atoms with van der Waals surface area (Å²) in [7, 11) is 0. The standard InChI is InChI=1S/C25H31FN2O2/c1-3-23(25(30)27-22-9-4-5-10-22)28(17-19-11-13-21(26)14-12-19)24(29)16-20-8-6-7-18(2)15-20/h6-8,11-15,22-23H,3-5,9-10,16-17H2,1-2H3,(H,27,30)/t23-/m0/s1. The molecule has 0 unspecified atom stereocenters. The van der Waals surface area contributed by atoms with Gasteiger partial charge in [0, 0.05) is 12.6 Å². The molecule has 0 radical (unpaired) electrons. The van der Waals surface area contributed by atoms with Crippen molar-refractivity contribution in [3.8, 4) is 0 Å². The lowest BCUT2D eigenvalue weighted by Crippen LogP contribution is -2.51. The number of carbonyl (C=O) groups excluding carboxylic acids is 2. The van der Waals surface area contributed by atoms with Crippen molar-refractivity contribution in [2.24, 2.45) is 0 Å². The fraction of sp³-hybridized carbons (Fsp3) is 0.440. The van der Waals surface area contributed by atoms with Crippen molar-refractivity contribution in [2.45, 2.75) is 71.0 Å². The molecule has 2 amide bonds. The third kappa shape index (κ3) is 5.91. The highest BCUT2D eigenvalue weighted by molar-refractivity contribution is 5.88. The van der Waals surface area contributed by atoms with Crippen LogP contribution in [-0.2, 0) is 22.6 Å². The van der Waals surface area contributed by atoms with Gasteiger partial charge in [-0.15, -0.1) is 0 Å². The van der Waals surface area contributed by atoms with Crippen LogP contribution in [0.4, 0.5) is 4.39 Å². The fourth-order valence-corrected chi connectivity index (χ4v) is 4.17. The number of rotatable bonds is 8. The van der Waals surface area contributed by atoms with Gasteiger partial charge in [0.05, 0.1) is 6.42 Å². The van der Waals surface area contributed by atoms with Gasteiger partial charge in [0.15, 0.2) is 0 Å². The van der Waals surface area contributed by atoms with Gasteiger partial charge in [-0.1, -0.05) is 61.7 Å². The molecule has 0 heterocycles. The Kier molecular flexibility index (Phi) is 7.61. The van der Waals surface area contributed by atoms with Gasteiger partial charge in [0.1, 0.15) is 11.9 Å². The molecule has 160 valence electrons. The molecule has 30 heavy (non-hydrogen) atoms. The van der Waals surface area contributed by atoms with E-state index in [0.717, 1.165) is 42.4 Å². The fourth-order valence-electron chi connectivity index (χ4n) is 4.17. The number of hydrogen-bond acceptors (Lipinski definition) is 2. The van der Waals surface area contributed by atoms with Crippen molar-refractivity contribution in [2.75, 3.05) is 0 Å². The van der Waals surface area contributed by atoms with E-state index < -0.39 is 6.04 Å². The lowest BCUT2D eigenvalue weighted by atomic mass is 10.0. The summed E-state index contributed by atoms with van der Waals surface area (Å²) in [4.78, 5) is 28.0. The minimum absolute atomic E-state index is 0.0934. The Hall–Kier alpha value is -2.69. The normalized spacial score (nSPS) is 15.0. The van der Waals surface area contributed by atoms with Crippen LogP contribution in [0.15, 0.2) is 48.5 Å². The molecule has 1 aliphatic carbocycles. The zero-order valence-electron chi connectivity index (χ0n) is 17.9. The average molecular weight is 411 g/mol. The van der Waals surface area contributed by atoms with Gasteiger partial charge in [-0.05, 0) is 49.4 Å². The second-order valence-corrected chi connectivity index (χ2v) is 8.23. The van der Waals surface area contributed by atoms with E-state index >= 15 is 0 Å². The SMILES string of the molecule is CC[C@@H](C(=O)NC1CCCC1)N(Cc1ccc(F)cc1)C(=O)Cc1cccc(C)c1. The Morgan fingerprint density at radius 3 is 2.43 bits per heavy atom. The number of aryl methyl sites for hydroxylation is 1. The number of halogens is 1. The predicted molar refractivity (Wildman–Crippen MR) is 116 cm³/mol. The molecule has 1 atom stereocenters. The minimum atomic E-state index is -0.548. The van der Waals surface area contributed by atoms with Gasteiger partial charge in [-0.25, -0.2) is 4.39 Å². The Morgan fingerprint density at radius 1 is 1.10 bits per heavy atom. The lowest BCUT2D eigenvalue weighted by Gasteiger charge is -2.31. The first-order valence-corrected chi connectivity index (χ1v) is 10.9. The van der Waals surface area contributed by atoms with Crippen molar-refractivity contribution in [3.63, 3.8) is 0 Å². The maximum absolute atomic E-state index is 13.3. The summed E-state index contributed by atoms with van der Waals surface area (Å²) in [5, 5.41) is 3.14. The van der Waals surface area contributed by atoms with Gasteiger partial charge in [0.2, 0.25) is 11.8 Å². The molecule has 0 aliphatic heterocycles. The second-order valence-electron chi connectivity index (χ2n) is 8.23. The molecule has 0 aromatic heterocycles. The van der Waals surface area contributed by atoms with Crippen molar-refractivity contribution >= 4 is 11.8 Å². The number of hydrogen-bond donors (Lipinski definition) is 1. The molecular weight excluding hydrogens is 379 g/mol. The largest absolute Gasteiger partial charge is 0.352 e. The van der Waals surface area contributed by atoms with Gasteiger partial charge in [0.25, 0.3) is 0 Å². The summed E-state index contributed by atoms with van der Waals surface area (Å²) in [6.07, 6.45) is 5.02. The highest BCUT2D eigenvalue weighted by Crippen LogP contribution is 2.20. The molecule has 2 aromatic carbocycles. The molecule has 5 heteroatoms. The third-order valence-electron chi connectivity index (χ3n) is 5.79. The smallest absolute Gasteiger partial charge is 0.243 e. The molecule has 0 bridgehead atoms. The van der Waals surface area contributed by atoms with Gasteiger partial charge in [-0.2, -0.15) is 0 Å². The number of amides is 2. The summed E-state index contributed by atoms with van der Waals surface area (Å²) in [5.41, 5.74) is 2.83. The molecule has 0 saturated heterocycles. The quantitative estimate of drug-likeness (QED) is 0.694. The van der Waals surface area contributed by atoms with Crippen molar-refractivity contribution in [1.29, 1.82) is 0 Å². The zero-order chi connectivity index (χ0) is 21.5. The van der Waals surface area contributed by atoms with Gasteiger partial charge >= 0.3 is 0 Å². The zero-order valence-corrected chi connectivity index (χ0v) is 17.9.